The Morgan fingerprint density at radius 3 is 2.45 bits per heavy atom. The van der Waals surface area contributed by atoms with Crippen LogP contribution in [0.5, 0.6) is 0 Å². The van der Waals surface area contributed by atoms with Crippen LogP contribution in [0.1, 0.15) is 16.7 Å². The van der Waals surface area contributed by atoms with E-state index in [0.717, 1.165) is 16.0 Å². The highest BCUT2D eigenvalue weighted by molar-refractivity contribution is 6.35. The molecule has 7 nitrogen and oxygen atoms in total. The Bertz CT molecular complexity index is 1090. The van der Waals surface area contributed by atoms with Crippen LogP contribution in [0.2, 0.25) is 5.02 Å². The van der Waals surface area contributed by atoms with Gasteiger partial charge in [-0.2, -0.15) is 0 Å². The smallest absolute Gasteiger partial charge is 0.356 e. The summed E-state index contributed by atoms with van der Waals surface area (Å²) in [6.45, 7) is 3.74. The number of fused-ring (bicyclic) bond motifs is 1. The number of carbonyl (C=O) groups is 3. The third-order valence-electron chi connectivity index (χ3n) is 5.42. The first-order valence-corrected chi connectivity index (χ1v) is 9.28. The summed E-state index contributed by atoms with van der Waals surface area (Å²) in [5, 5.41) is 0.484. The summed E-state index contributed by atoms with van der Waals surface area (Å²) in [7, 11) is 1.21. The molecule has 4 rings (SSSR count). The molecule has 2 heterocycles. The normalized spacial score (nSPS) is 20.8. The van der Waals surface area contributed by atoms with Crippen LogP contribution in [0.4, 0.5) is 5.69 Å². The average molecular weight is 412 g/mol. The number of nitrogens with zero attached hydrogens (tertiary/aromatic N) is 1. The molecule has 2 amide bonds. The number of ether oxygens (including phenoxy) is 1. The maximum absolute atomic E-state index is 13.7. The van der Waals surface area contributed by atoms with Gasteiger partial charge in [-0.3, -0.25) is 9.59 Å². The molecule has 2 aromatic carbocycles. The molecule has 2 aromatic rings. The summed E-state index contributed by atoms with van der Waals surface area (Å²) >= 11 is 6.00. The lowest BCUT2D eigenvalue weighted by atomic mass is 9.85. The number of hydrogen-bond donors (Lipinski definition) is 2. The first-order chi connectivity index (χ1) is 13.8. The molecular formula is C21H18ClN3O4. The third-order valence-corrected chi connectivity index (χ3v) is 5.68. The van der Waals surface area contributed by atoms with Crippen molar-refractivity contribution in [2.24, 2.45) is 0 Å². The highest BCUT2D eigenvalue weighted by Crippen LogP contribution is 2.45. The number of aryl methyl sites for hydroxylation is 1. The van der Waals surface area contributed by atoms with Crippen LogP contribution in [0, 0.1) is 13.8 Å². The highest BCUT2D eigenvalue weighted by Gasteiger charge is 2.62. The van der Waals surface area contributed by atoms with Gasteiger partial charge < -0.3 is 10.2 Å². The Balaban J connectivity index is 1.98. The fourth-order valence-corrected chi connectivity index (χ4v) is 3.89. The predicted octanol–water partition coefficient (Wildman–Crippen LogP) is 2.26. The maximum Gasteiger partial charge on any atom is 0.356 e. The van der Waals surface area contributed by atoms with Gasteiger partial charge in [0.15, 0.2) is 5.54 Å². The van der Waals surface area contributed by atoms with E-state index in [2.05, 4.69) is 10.9 Å². The molecule has 2 aliphatic rings. The van der Waals surface area contributed by atoms with Crippen molar-refractivity contribution >= 4 is 35.1 Å². The molecule has 29 heavy (non-hydrogen) atoms. The Labute approximate surface area is 172 Å². The van der Waals surface area contributed by atoms with E-state index in [1.807, 2.05) is 19.9 Å². The molecule has 0 bridgehead atoms. The molecule has 8 heteroatoms. The van der Waals surface area contributed by atoms with Gasteiger partial charge in [0.2, 0.25) is 0 Å². The minimum atomic E-state index is -1.57. The van der Waals surface area contributed by atoms with Gasteiger partial charge in [0.25, 0.3) is 11.8 Å². The summed E-state index contributed by atoms with van der Waals surface area (Å²) in [6.07, 6.45) is 0. The second kappa shape index (κ2) is 6.72. The van der Waals surface area contributed by atoms with Crippen molar-refractivity contribution in [3.8, 4) is 0 Å². The van der Waals surface area contributed by atoms with Crippen LogP contribution in [0.25, 0.3) is 0 Å². The first kappa shape index (κ1) is 19.2. The summed E-state index contributed by atoms with van der Waals surface area (Å²) in [6, 6.07) is 11.9. The number of amides is 2. The minimum Gasteiger partial charge on any atom is -0.464 e. The largest absolute Gasteiger partial charge is 0.464 e. The number of hydrogen-bond acceptors (Lipinski definition) is 6. The molecule has 0 unspecified atom stereocenters. The first-order valence-electron chi connectivity index (χ1n) is 8.90. The Kier molecular flexibility index (Phi) is 4.44. The second-order valence-electron chi connectivity index (χ2n) is 6.91. The molecule has 1 atom stereocenters. The zero-order valence-corrected chi connectivity index (χ0v) is 16.8. The van der Waals surface area contributed by atoms with Gasteiger partial charge in [0, 0.05) is 5.02 Å². The Morgan fingerprint density at radius 2 is 1.79 bits per heavy atom. The monoisotopic (exact) mass is 411 g/mol. The maximum atomic E-state index is 13.7. The van der Waals surface area contributed by atoms with E-state index in [4.69, 9.17) is 16.3 Å². The quantitative estimate of drug-likeness (QED) is 0.595. The number of esters is 1. The van der Waals surface area contributed by atoms with Crippen molar-refractivity contribution in [2.45, 2.75) is 19.4 Å². The topological polar surface area (TPSA) is 87.7 Å². The fraction of sp³-hybridized carbons (Fsp3) is 0.190. The van der Waals surface area contributed by atoms with Crippen LogP contribution >= 0.6 is 11.6 Å². The van der Waals surface area contributed by atoms with Gasteiger partial charge in [-0.25, -0.2) is 15.1 Å². The number of benzene rings is 2. The predicted molar refractivity (Wildman–Crippen MR) is 107 cm³/mol. The van der Waals surface area contributed by atoms with Crippen LogP contribution < -0.4 is 15.8 Å². The Hall–Kier alpha value is -3.16. The van der Waals surface area contributed by atoms with Crippen LogP contribution in [-0.4, -0.2) is 24.9 Å². The van der Waals surface area contributed by atoms with Crippen molar-refractivity contribution in [1.82, 2.24) is 10.9 Å². The zero-order valence-electron chi connectivity index (χ0n) is 16.0. The molecule has 1 fully saturated rings. The number of rotatable bonds is 3. The molecular weight excluding hydrogens is 394 g/mol. The minimum absolute atomic E-state index is 0.00224. The molecule has 0 spiro atoms. The number of anilines is 1. The SMILES string of the molecule is COC(=O)C1=C2C(=O)N(c3cccc(C)c3C)C(=O)[C@]2(c2ccc(Cl)cc2)NN1. The number of halogens is 1. The zero-order chi connectivity index (χ0) is 20.9. The van der Waals surface area contributed by atoms with Gasteiger partial charge in [-0.05, 0) is 48.7 Å². The second-order valence-corrected chi connectivity index (χ2v) is 7.35. The van der Waals surface area contributed by atoms with Gasteiger partial charge in [0.05, 0.1) is 18.4 Å². The lowest BCUT2D eigenvalue weighted by Crippen LogP contribution is -2.51. The van der Waals surface area contributed by atoms with Crippen LogP contribution in [-0.2, 0) is 24.7 Å². The van der Waals surface area contributed by atoms with Crippen LogP contribution in [0.3, 0.4) is 0 Å². The average Bonchev–Trinajstić information content (AvgIpc) is 3.21. The van der Waals surface area contributed by atoms with Crippen molar-refractivity contribution in [2.75, 3.05) is 12.0 Å². The van der Waals surface area contributed by atoms with E-state index in [9.17, 15) is 14.4 Å². The standard InChI is InChI=1S/C21H18ClN3O4/c1-11-5-4-6-15(12(11)2)25-18(26)16-17(19(27)29-3)23-24-21(16,20(25)28)13-7-9-14(22)10-8-13/h4-10,23-24H,1-3H3/t21-/m1/s1. The number of imide groups is 1. The Morgan fingerprint density at radius 1 is 1.10 bits per heavy atom. The van der Waals surface area contributed by atoms with Crippen LogP contribution in [0.15, 0.2) is 53.7 Å². The molecule has 0 aliphatic carbocycles. The van der Waals surface area contributed by atoms with E-state index in [-0.39, 0.29) is 11.3 Å². The fourth-order valence-electron chi connectivity index (χ4n) is 3.76. The number of hydrazine groups is 1. The number of methoxy groups -OCH3 is 1. The van der Waals surface area contributed by atoms with Crippen molar-refractivity contribution in [3.63, 3.8) is 0 Å². The molecule has 0 radical (unpaired) electrons. The van der Waals surface area contributed by atoms with Gasteiger partial charge in [-0.1, -0.05) is 35.9 Å². The number of nitrogens with one attached hydrogen (secondary N) is 2. The third kappa shape index (κ3) is 2.58. The molecule has 148 valence electrons. The lowest BCUT2D eigenvalue weighted by molar-refractivity contribution is -0.137. The summed E-state index contributed by atoms with van der Waals surface area (Å²) in [4.78, 5) is 40.6. The van der Waals surface area contributed by atoms with E-state index in [0.29, 0.717) is 16.3 Å². The van der Waals surface area contributed by atoms with Gasteiger partial charge >= 0.3 is 5.97 Å². The number of carbonyl (C=O) groups excluding carboxylic acids is 3. The molecule has 2 N–H and O–H groups in total. The molecule has 2 aliphatic heterocycles. The highest BCUT2D eigenvalue weighted by atomic mass is 35.5. The van der Waals surface area contributed by atoms with E-state index in [1.54, 1.807) is 36.4 Å². The van der Waals surface area contributed by atoms with Crippen molar-refractivity contribution in [3.05, 3.63) is 75.4 Å². The van der Waals surface area contributed by atoms with Gasteiger partial charge in [0.1, 0.15) is 5.70 Å². The van der Waals surface area contributed by atoms with E-state index in [1.165, 1.54) is 7.11 Å². The summed E-state index contributed by atoms with van der Waals surface area (Å²) < 4.78 is 4.81. The molecule has 0 saturated carbocycles. The summed E-state index contributed by atoms with van der Waals surface area (Å²) in [5.74, 6) is -1.84. The van der Waals surface area contributed by atoms with Gasteiger partial charge in [-0.15, -0.1) is 0 Å². The molecule has 1 saturated heterocycles. The van der Waals surface area contributed by atoms with Crippen molar-refractivity contribution in [1.29, 1.82) is 0 Å². The van der Waals surface area contributed by atoms with E-state index >= 15 is 0 Å². The molecule has 0 aromatic heterocycles. The summed E-state index contributed by atoms with van der Waals surface area (Å²) in [5.41, 5.74) is 6.58. The van der Waals surface area contributed by atoms with E-state index < -0.39 is 23.3 Å². The lowest BCUT2D eigenvalue weighted by Gasteiger charge is -2.26. The van der Waals surface area contributed by atoms with Crippen molar-refractivity contribution < 1.29 is 19.1 Å².